The number of rotatable bonds is 1. The van der Waals surface area contributed by atoms with Crippen LogP contribution in [0, 0.1) is 25.2 Å². The van der Waals surface area contributed by atoms with E-state index >= 15 is 0 Å². The third kappa shape index (κ3) is 2.61. The van der Waals surface area contributed by atoms with E-state index in [4.69, 9.17) is 5.73 Å². The Morgan fingerprint density at radius 2 is 1.94 bits per heavy atom. The Bertz CT molecular complexity index is 414. The SMILES string of the molecule is Cc1cc(C)n(C2CC(C(C)(C)C)CCC2N)n1. The lowest BCUT2D eigenvalue weighted by atomic mass is 9.70. The Morgan fingerprint density at radius 3 is 2.44 bits per heavy atom. The molecule has 0 spiro atoms. The van der Waals surface area contributed by atoms with Crippen LogP contribution in [-0.4, -0.2) is 15.8 Å². The van der Waals surface area contributed by atoms with Gasteiger partial charge in [0.05, 0.1) is 11.7 Å². The number of hydrogen-bond acceptors (Lipinski definition) is 2. The van der Waals surface area contributed by atoms with Gasteiger partial charge in [-0.15, -0.1) is 0 Å². The second-order valence-electron chi connectivity index (χ2n) is 6.98. The van der Waals surface area contributed by atoms with Gasteiger partial charge in [-0.25, -0.2) is 0 Å². The van der Waals surface area contributed by atoms with Gasteiger partial charge in [-0.05, 0) is 50.5 Å². The molecular weight excluding hydrogens is 222 g/mol. The van der Waals surface area contributed by atoms with Gasteiger partial charge in [-0.1, -0.05) is 20.8 Å². The van der Waals surface area contributed by atoms with Crippen molar-refractivity contribution in [1.82, 2.24) is 9.78 Å². The highest BCUT2D eigenvalue weighted by molar-refractivity contribution is 5.09. The Balaban J connectivity index is 2.23. The molecule has 0 saturated heterocycles. The summed E-state index contributed by atoms with van der Waals surface area (Å²) in [5, 5.41) is 4.64. The van der Waals surface area contributed by atoms with E-state index in [1.807, 2.05) is 0 Å². The molecule has 0 aromatic carbocycles. The molecule has 3 atom stereocenters. The molecule has 1 aromatic heterocycles. The molecule has 18 heavy (non-hydrogen) atoms. The summed E-state index contributed by atoms with van der Waals surface area (Å²) in [7, 11) is 0. The van der Waals surface area contributed by atoms with Crippen LogP contribution in [0.2, 0.25) is 0 Å². The zero-order valence-corrected chi connectivity index (χ0v) is 12.4. The Morgan fingerprint density at radius 1 is 1.28 bits per heavy atom. The van der Waals surface area contributed by atoms with Gasteiger partial charge >= 0.3 is 0 Å². The molecule has 1 saturated carbocycles. The van der Waals surface area contributed by atoms with E-state index in [-0.39, 0.29) is 6.04 Å². The van der Waals surface area contributed by atoms with Crippen molar-refractivity contribution in [3.63, 3.8) is 0 Å². The maximum Gasteiger partial charge on any atom is 0.0676 e. The lowest BCUT2D eigenvalue weighted by Crippen LogP contribution is -2.41. The zero-order chi connectivity index (χ0) is 13.5. The lowest BCUT2D eigenvalue weighted by Gasteiger charge is -2.41. The molecule has 1 aromatic rings. The number of nitrogens with zero attached hydrogens (tertiary/aromatic N) is 2. The van der Waals surface area contributed by atoms with Gasteiger partial charge in [0.2, 0.25) is 0 Å². The van der Waals surface area contributed by atoms with Gasteiger partial charge in [0.25, 0.3) is 0 Å². The predicted octanol–water partition coefficient (Wildman–Crippen LogP) is 3.21. The fraction of sp³-hybridized carbons (Fsp3) is 0.800. The molecule has 1 heterocycles. The summed E-state index contributed by atoms with van der Waals surface area (Å²) in [4.78, 5) is 0. The molecule has 0 aliphatic heterocycles. The molecule has 0 amide bonds. The fourth-order valence-electron chi connectivity index (χ4n) is 3.22. The first-order chi connectivity index (χ1) is 8.29. The lowest BCUT2D eigenvalue weighted by molar-refractivity contribution is 0.123. The largest absolute Gasteiger partial charge is 0.326 e. The summed E-state index contributed by atoms with van der Waals surface area (Å²) in [6, 6.07) is 2.77. The summed E-state index contributed by atoms with van der Waals surface area (Å²) < 4.78 is 2.16. The second kappa shape index (κ2) is 4.69. The normalized spacial score (nSPS) is 29.6. The zero-order valence-electron chi connectivity index (χ0n) is 12.4. The van der Waals surface area contributed by atoms with Crippen molar-refractivity contribution in [2.24, 2.45) is 17.1 Å². The Labute approximate surface area is 111 Å². The van der Waals surface area contributed by atoms with Crippen LogP contribution in [0.1, 0.15) is 57.5 Å². The molecule has 1 aliphatic rings. The van der Waals surface area contributed by atoms with Gasteiger partial charge in [0.15, 0.2) is 0 Å². The second-order valence-corrected chi connectivity index (χ2v) is 6.98. The van der Waals surface area contributed by atoms with Crippen LogP contribution in [0.5, 0.6) is 0 Å². The smallest absolute Gasteiger partial charge is 0.0676 e. The van der Waals surface area contributed by atoms with E-state index in [2.05, 4.69) is 50.5 Å². The first-order valence-electron chi connectivity index (χ1n) is 7.07. The van der Waals surface area contributed by atoms with Gasteiger partial charge in [-0.3, -0.25) is 4.68 Å². The minimum Gasteiger partial charge on any atom is -0.326 e. The van der Waals surface area contributed by atoms with Crippen molar-refractivity contribution in [3.8, 4) is 0 Å². The van der Waals surface area contributed by atoms with E-state index in [9.17, 15) is 0 Å². The molecular formula is C15H27N3. The fourth-order valence-corrected chi connectivity index (χ4v) is 3.22. The summed E-state index contributed by atoms with van der Waals surface area (Å²) in [5.41, 5.74) is 9.04. The first kappa shape index (κ1) is 13.6. The predicted molar refractivity (Wildman–Crippen MR) is 75.5 cm³/mol. The van der Waals surface area contributed by atoms with E-state index in [1.54, 1.807) is 0 Å². The number of aryl methyl sites for hydroxylation is 2. The summed E-state index contributed by atoms with van der Waals surface area (Å²) in [5.74, 6) is 0.742. The van der Waals surface area contributed by atoms with Crippen LogP contribution >= 0.6 is 0 Å². The average molecular weight is 249 g/mol. The third-order valence-electron chi connectivity index (χ3n) is 4.45. The van der Waals surface area contributed by atoms with Crippen LogP contribution in [0.4, 0.5) is 0 Å². The molecule has 1 aliphatic carbocycles. The Kier molecular flexibility index (Phi) is 3.54. The summed E-state index contributed by atoms with van der Waals surface area (Å²) >= 11 is 0. The molecule has 2 rings (SSSR count). The van der Waals surface area contributed by atoms with Crippen LogP contribution in [0.3, 0.4) is 0 Å². The summed E-state index contributed by atoms with van der Waals surface area (Å²) in [6.07, 6.45) is 3.53. The van der Waals surface area contributed by atoms with Gasteiger partial charge < -0.3 is 5.73 Å². The molecule has 1 fully saturated rings. The molecule has 3 unspecified atom stereocenters. The van der Waals surface area contributed by atoms with E-state index in [0.29, 0.717) is 11.5 Å². The molecule has 0 radical (unpaired) electrons. The van der Waals surface area contributed by atoms with Crippen molar-refractivity contribution in [3.05, 3.63) is 17.5 Å². The molecule has 3 heteroatoms. The van der Waals surface area contributed by atoms with Crippen LogP contribution < -0.4 is 5.73 Å². The standard InChI is InChI=1S/C15H27N3/c1-10-8-11(2)18(17-10)14-9-12(15(3,4)5)6-7-13(14)16/h8,12-14H,6-7,9,16H2,1-5H3. The highest BCUT2D eigenvalue weighted by atomic mass is 15.3. The van der Waals surface area contributed by atoms with Gasteiger partial charge in [-0.2, -0.15) is 5.10 Å². The first-order valence-corrected chi connectivity index (χ1v) is 7.07. The molecule has 3 nitrogen and oxygen atoms in total. The van der Waals surface area contributed by atoms with Crippen LogP contribution in [0.15, 0.2) is 6.07 Å². The third-order valence-corrected chi connectivity index (χ3v) is 4.45. The van der Waals surface area contributed by atoms with E-state index < -0.39 is 0 Å². The average Bonchev–Trinajstić information content (AvgIpc) is 2.56. The summed E-state index contributed by atoms with van der Waals surface area (Å²) in [6.45, 7) is 11.2. The highest BCUT2D eigenvalue weighted by Crippen LogP contribution is 2.41. The van der Waals surface area contributed by atoms with Crippen molar-refractivity contribution >= 4 is 0 Å². The molecule has 0 bridgehead atoms. The number of nitrogens with two attached hydrogens (primary N) is 1. The topological polar surface area (TPSA) is 43.8 Å². The van der Waals surface area contributed by atoms with Crippen LogP contribution in [-0.2, 0) is 0 Å². The van der Waals surface area contributed by atoms with Crippen LogP contribution in [0.25, 0.3) is 0 Å². The molecule has 102 valence electrons. The minimum absolute atomic E-state index is 0.251. The number of hydrogen-bond donors (Lipinski definition) is 1. The maximum absolute atomic E-state index is 6.33. The maximum atomic E-state index is 6.33. The van der Waals surface area contributed by atoms with E-state index in [0.717, 1.165) is 24.5 Å². The molecule has 2 N–H and O–H groups in total. The number of aromatic nitrogens is 2. The van der Waals surface area contributed by atoms with Crippen molar-refractivity contribution in [2.75, 3.05) is 0 Å². The monoisotopic (exact) mass is 249 g/mol. The minimum atomic E-state index is 0.251. The van der Waals surface area contributed by atoms with Crippen molar-refractivity contribution < 1.29 is 0 Å². The highest BCUT2D eigenvalue weighted by Gasteiger charge is 2.36. The van der Waals surface area contributed by atoms with Crippen molar-refractivity contribution in [2.45, 2.75) is 66.0 Å². The Hall–Kier alpha value is -0.830. The van der Waals surface area contributed by atoms with Gasteiger partial charge in [0.1, 0.15) is 0 Å². The van der Waals surface area contributed by atoms with Gasteiger partial charge in [0, 0.05) is 11.7 Å². The quantitative estimate of drug-likeness (QED) is 0.830. The van der Waals surface area contributed by atoms with E-state index in [1.165, 1.54) is 12.1 Å². The van der Waals surface area contributed by atoms with Crippen molar-refractivity contribution in [1.29, 1.82) is 0 Å².